The molecule has 1 unspecified atom stereocenters. The van der Waals surface area contributed by atoms with Crippen LogP contribution in [-0.4, -0.2) is 60.6 Å². The van der Waals surface area contributed by atoms with E-state index in [0.29, 0.717) is 42.3 Å². The second-order valence-corrected chi connectivity index (χ2v) is 16.3. The van der Waals surface area contributed by atoms with Gasteiger partial charge in [0.1, 0.15) is 29.5 Å². The average Bonchev–Trinajstić information content (AvgIpc) is 3.14. The Morgan fingerprint density at radius 3 is 2.63 bits per heavy atom. The average molecular weight is 503 g/mol. The predicted octanol–water partition coefficient (Wildman–Crippen LogP) is 3.84. The Morgan fingerprint density at radius 2 is 2.00 bits per heavy atom. The van der Waals surface area contributed by atoms with Crippen LogP contribution in [0.3, 0.4) is 0 Å². The molecular weight excluding hydrogens is 460 g/mol. The molecule has 0 radical (unpaired) electrons. The first-order valence-electron chi connectivity index (χ1n) is 12.9. The number of aliphatic hydroxyl groups is 1. The number of piperidine rings is 1. The lowest BCUT2D eigenvalue weighted by Gasteiger charge is -2.30. The maximum absolute atomic E-state index is 10.3. The molecular formula is C25H42N6O3Si. The van der Waals surface area contributed by atoms with Crippen LogP contribution in [0.2, 0.25) is 25.7 Å². The summed E-state index contributed by atoms with van der Waals surface area (Å²) < 4.78 is 13.7. The van der Waals surface area contributed by atoms with Gasteiger partial charge >= 0.3 is 6.01 Å². The molecule has 194 valence electrons. The van der Waals surface area contributed by atoms with Crippen LogP contribution in [0.1, 0.15) is 56.2 Å². The Balaban J connectivity index is 2.09. The minimum absolute atomic E-state index is 0.0136. The van der Waals surface area contributed by atoms with E-state index in [9.17, 15) is 10.4 Å². The molecule has 35 heavy (non-hydrogen) atoms. The summed E-state index contributed by atoms with van der Waals surface area (Å²) in [5.74, 6) is 0.606. The SMILES string of the molecule is CCCCOc1nc(N)c2c(n1)c(C(CCO)C1CCNCC1)c(C#N)n2COCC[Si](C)(C)C. The molecule has 10 heteroatoms. The van der Waals surface area contributed by atoms with Gasteiger partial charge in [0.05, 0.1) is 6.61 Å². The van der Waals surface area contributed by atoms with Crippen LogP contribution in [0.15, 0.2) is 0 Å². The number of nitrogen functional groups attached to an aromatic ring is 1. The standard InChI is InChI=1S/C25H42N6O3Si/c1-5-6-13-34-25-29-22-21(19(9-12-32)18-7-10-28-11-8-18)20(16-26)31(23(22)24(27)30-25)17-33-14-15-35(2,3)4/h18-19,28,32H,5-15,17H2,1-4H3,(H2,27,29,30). The monoisotopic (exact) mass is 502 g/mol. The van der Waals surface area contributed by atoms with Crippen molar-refractivity contribution in [1.29, 1.82) is 5.26 Å². The van der Waals surface area contributed by atoms with Gasteiger partial charge in [-0.3, -0.25) is 0 Å². The lowest BCUT2D eigenvalue weighted by molar-refractivity contribution is 0.0895. The third-order valence-corrected chi connectivity index (χ3v) is 8.46. The van der Waals surface area contributed by atoms with E-state index in [1.807, 2.05) is 4.57 Å². The highest BCUT2D eigenvalue weighted by molar-refractivity contribution is 6.76. The highest BCUT2D eigenvalue weighted by Crippen LogP contribution is 2.41. The third-order valence-electron chi connectivity index (χ3n) is 6.76. The number of nitrogens with one attached hydrogen (secondary N) is 1. The van der Waals surface area contributed by atoms with Crippen molar-refractivity contribution in [2.24, 2.45) is 5.92 Å². The number of nitrogens with two attached hydrogens (primary N) is 1. The minimum atomic E-state index is -1.25. The van der Waals surface area contributed by atoms with Crippen molar-refractivity contribution in [2.45, 2.75) is 77.4 Å². The molecule has 4 N–H and O–H groups in total. The smallest absolute Gasteiger partial charge is 0.319 e. The molecule has 0 aromatic carbocycles. The molecule has 1 aliphatic rings. The van der Waals surface area contributed by atoms with Crippen molar-refractivity contribution in [1.82, 2.24) is 19.9 Å². The fraction of sp³-hybridized carbons (Fsp3) is 0.720. The normalized spacial score (nSPS) is 15.9. The number of rotatable bonds is 13. The van der Waals surface area contributed by atoms with Crippen molar-refractivity contribution in [3.8, 4) is 12.1 Å². The number of fused-ring (bicyclic) bond motifs is 1. The Morgan fingerprint density at radius 1 is 1.26 bits per heavy atom. The molecule has 0 saturated carbocycles. The van der Waals surface area contributed by atoms with Crippen LogP contribution in [0, 0.1) is 17.2 Å². The van der Waals surface area contributed by atoms with Gasteiger partial charge in [0.25, 0.3) is 0 Å². The number of nitrogens with zero attached hydrogens (tertiary/aromatic N) is 4. The molecule has 2 aromatic heterocycles. The van der Waals surface area contributed by atoms with Crippen LogP contribution in [0.25, 0.3) is 11.0 Å². The Hall–Kier alpha value is -2.19. The van der Waals surface area contributed by atoms with Crippen LogP contribution in [-0.2, 0) is 11.5 Å². The second kappa shape index (κ2) is 12.7. The summed E-state index contributed by atoms with van der Waals surface area (Å²) in [5, 5.41) is 23.7. The summed E-state index contributed by atoms with van der Waals surface area (Å²) in [6.45, 7) is 12.3. The molecule has 3 rings (SSSR count). The molecule has 3 heterocycles. The maximum Gasteiger partial charge on any atom is 0.319 e. The molecule has 1 fully saturated rings. The van der Waals surface area contributed by atoms with Gasteiger partial charge in [-0.1, -0.05) is 33.0 Å². The number of nitriles is 1. The Labute approximate surface area is 210 Å². The first-order valence-corrected chi connectivity index (χ1v) is 16.6. The number of ether oxygens (including phenoxy) is 2. The summed E-state index contributed by atoms with van der Waals surface area (Å²) in [6, 6.07) is 3.69. The number of hydrogen-bond donors (Lipinski definition) is 3. The summed E-state index contributed by atoms with van der Waals surface area (Å²) >= 11 is 0. The van der Waals surface area contributed by atoms with Gasteiger partial charge < -0.3 is 30.2 Å². The first-order chi connectivity index (χ1) is 16.8. The van der Waals surface area contributed by atoms with Crippen LogP contribution >= 0.6 is 0 Å². The topological polar surface area (TPSA) is 131 Å². The fourth-order valence-corrected chi connectivity index (χ4v) is 5.54. The largest absolute Gasteiger partial charge is 0.463 e. The summed E-state index contributed by atoms with van der Waals surface area (Å²) in [6.07, 6.45) is 4.42. The molecule has 0 bridgehead atoms. The summed E-state index contributed by atoms with van der Waals surface area (Å²) in [5.41, 5.74) is 9.05. The lowest BCUT2D eigenvalue weighted by Crippen LogP contribution is -2.31. The minimum Gasteiger partial charge on any atom is -0.463 e. The van der Waals surface area contributed by atoms with Crippen molar-refractivity contribution in [3.63, 3.8) is 0 Å². The molecule has 1 saturated heterocycles. The molecule has 2 aromatic rings. The number of aliphatic hydroxyl groups excluding tert-OH is 1. The van der Waals surface area contributed by atoms with E-state index in [0.717, 1.165) is 50.4 Å². The molecule has 0 aliphatic carbocycles. The van der Waals surface area contributed by atoms with E-state index in [1.54, 1.807) is 0 Å². The molecule has 9 nitrogen and oxygen atoms in total. The predicted molar refractivity (Wildman–Crippen MR) is 141 cm³/mol. The van der Waals surface area contributed by atoms with Crippen LogP contribution in [0.4, 0.5) is 5.82 Å². The molecule has 1 aliphatic heterocycles. The number of aromatic nitrogens is 3. The summed E-state index contributed by atoms with van der Waals surface area (Å²) in [7, 11) is -1.25. The number of unbranched alkanes of at least 4 members (excludes halogenated alkanes) is 1. The van der Waals surface area contributed by atoms with Crippen molar-refractivity contribution >= 4 is 24.9 Å². The zero-order chi connectivity index (χ0) is 25.4. The van der Waals surface area contributed by atoms with E-state index in [1.165, 1.54) is 0 Å². The number of anilines is 1. The Kier molecular flexibility index (Phi) is 9.92. The molecule has 1 atom stereocenters. The zero-order valence-electron chi connectivity index (χ0n) is 21.8. The van der Waals surface area contributed by atoms with Gasteiger partial charge in [0.15, 0.2) is 5.82 Å². The molecule has 0 spiro atoms. The van der Waals surface area contributed by atoms with Gasteiger partial charge in [-0.05, 0) is 56.7 Å². The Bertz CT molecular complexity index is 1010. The van der Waals surface area contributed by atoms with E-state index in [4.69, 9.17) is 20.2 Å². The van der Waals surface area contributed by atoms with Crippen molar-refractivity contribution in [2.75, 3.05) is 38.6 Å². The summed E-state index contributed by atoms with van der Waals surface area (Å²) in [4.78, 5) is 9.19. The van der Waals surface area contributed by atoms with E-state index in [-0.39, 0.29) is 31.1 Å². The van der Waals surface area contributed by atoms with Crippen molar-refractivity contribution in [3.05, 3.63) is 11.3 Å². The van der Waals surface area contributed by atoms with Gasteiger partial charge in [0.2, 0.25) is 0 Å². The van der Waals surface area contributed by atoms with Crippen LogP contribution < -0.4 is 15.8 Å². The zero-order valence-corrected chi connectivity index (χ0v) is 22.8. The highest BCUT2D eigenvalue weighted by atomic mass is 28.3. The van der Waals surface area contributed by atoms with Gasteiger partial charge in [-0.25, -0.2) is 0 Å². The third kappa shape index (κ3) is 6.94. The molecule has 0 amide bonds. The quantitative estimate of drug-likeness (QED) is 0.278. The first kappa shape index (κ1) is 27.4. The maximum atomic E-state index is 10.3. The lowest BCUT2D eigenvalue weighted by atomic mass is 9.78. The van der Waals surface area contributed by atoms with Gasteiger partial charge in [-0.2, -0.15) is 15.2 Å². The number of hydrogen-bond acceptors (Lipinski definition) is 8. The van der Waals surface area contributed by atoms with E-state index < -0.39 is 8.07 Å². The van der Waals surface area contributed by atoms with Gasteiger partial charge in [0, 0.05) is 26.9 Å². The van der Waals surface area contributed by atoms with Gasteiger partial charge in [-0.15, -0.1) is 0 Å². The van der Waals surface area contributed by atoms with Crippen molar-refractivity contribution < 1.29 is 14.6 Å². The second-order valence-electron chi connectivity index (χ2n) is 10.6. The van der Waals surface area contributed by atoms with E-state index >= 15 is 0 Å². The van der Waals surface area contributed by atoms with Crippen LogP contribution in [0.5, 0.6) is 6.01 Å². The fourth-order valence-electron chi connectivity index (χ4n) is 4.78. The highest BCUT2D eigenvalue weighted by Gasteiger charge is 2.33. The van der Waals surface area contributed by atoms with E-state index in [2.05, 4.69) is 42.9 Å².